The fourth-order valence-corrected chi connectivity index (χ4v) is 1.04. The molecule has 0 aliphatic carbocycles. The van der Waals surface area contributed by atoms with Crippen LogP contribution < -0.4 is 5.73 Å². The fraction of sp³-hybridized carbons (Fsp3) is 1.00. The number of hydrogen-bond donors (Lipinski definition) is 1. The van der Waals surface area contributed by atoms with Gasteiger partial charge in [-0.05, 0) is 13.8 Å². The van der Waals surface area contributed by atoms with Crippen LogP contribution in [-0.4, -0.2) is 32.8 Å². The topological polar surface area (TPSA) is 53.7 Å². The van der Waals surface area contributed by atoms with Crippen LogP contribution in [0.3, 0.4) is 0 Å². The van der Waals surface area contributed by atoms with Gasteiger partial charge >= 0.3 is 5.97 Å². The second-order valence-electron chi connectivity index (χ2n) is 2.89. The molecule has 0 bridgehead atoms. The molecular weight excluding hydrogens is 182 g/mol. The molecule has 0 aromatic rings. The third kappa shape index (κ3) is 2.57. The summed E-state index contributed by atoms with van der Waals surface area (Å²) < 4.78 is 15.1. The Kier molecular flexibility index (Phi) is 6.09. The van der Waals surface area contributed by atoms with E-state index in [-0.39, 0.29) is 12.4 Å². The van der Waals surface area contributed by atoms with Crippen LogP contribution in [0.4, 0.5) is 0 Å². The van der Waals surface area contributed by atoms with Crippen molar-refractivity contribution in [1.82, 2.24) is 0 Å². The third-order valence-corrected chi connectivity index (χ3v) is 1.60. The number of hydrogen-bond acceptors (Lipinski definition) is 4. The van der Waals surface area contributed by atoms with Gasteiger partial charge in [-0.15, -0.1) is 12.4 Å². The van der Waals surface area contributed by atoms with E-state index < -0.39 is 11.5 Å². The summed E-state index contributed by atoms with van der Waals surface area (Å²) in [5.41, 5.74) is 5.07. The Morgan fingerprint density at radius 3 is 1.17 bits per heavy atom. The maximum Gasteiger partial charge on any atom is 0.300 e. The van der Waals surface area contributed by atoms with E-state index in [1.807, 2.05) is 0 Å². The minimum atomic E-state index is -1.16. The summed E-state index contributed by atoms with van der Waals surface area (Å²) in [7, 11) is 4.46. The molecule has 0 heterocycles. The quantitative estimate of drug-likeness (QED) is 0.679. The Hall–Kier alpha value is 0.130. The molecule has 0 saturated heterocycles. The maximum atomic E-state index is 5.77. The normalized spacial score (nSPS) is 12.5. The Morgan fingerprint density at radius 1 is 0.917 bits per heavy atom. The molecule has 4 nitrogen and oxygen atoms in total. The van der Waals surface area contributed by atoms with E-state index in [2.05, 4.69) is 0 Å². The van der Waals surface area contributed by atoms with E-state index in [4.69, 9.17) is 19.9 Å². The van der Waals surface area contributed by atoms with E-state index in [9.17, 15) is 0 Å². The molecule has 2 N–H and O–H groups in total. The summed E-state index contributed by atoms with van der Waals surface area (Å²) in [5, 5.41) is 0. The van der Waals surface area contributed by atoms with Crippen LogP contribution in [0.2, 0.25) is 0 Å². The van der Waals surface area contributed by atoms with Crippen LogP contribution in [0.15, 0.2) is 0 Å². The van der Waals surface area contributed by atoms with Crippen LogP contribution in [0.5, 0.6) is 0 Å². The van der Waals surface area contributed by atoms with Gasteiger partial charge in [-0.3, -0.25) is 0 Å². The van der Waals surface area contributed by atoms with Gasteiger partial charge in [0.1, 0.15) is 0 Å². The fourth-order valence-electron chi connectivity index (χ4n) is 1.04. The van der Waals surface area contributed by atoms with Crippen LogP contribution >= 0.6 is 12.4 Å². The summed E-state index contributed by atoms with van der Waals surface area (Å²) in [6, 6.07) is 0. The van der Waals surface area contributed by atoms with Gasteiger partial charge in [0.05, 0.1) is 5.54 Å². The van der Waals surface area contributed by atoms with Gasteiger partial charge < -0.3 is 19.9 Å². The zero-order valence-corrected chi connectivity index (χ0v) is 9.03. The zero-order valence-electron chi connectivity index (χ0n) is 8.21. The van der Waals surface area contributed by atoms with Crippen molar-refractivity contribution in [2.45, 2.75) is 25.4 Å². The highest BCUT2D eigenvalue weighted by Gasteiger charge is 2.44. The Bertz CT molecular complexity index is 112. The molecule has 0 aliphatic heterocycles. The lowest BCUT2D eigenvalue weighted by Crippen LogP contribution is -2.60. The SMILES string of the molecule is COC(OC)(OC)C(C)(C)N.Cl. The van der Waals surface area contributed by atoms with Crippen molar-refractivity contribution >= 4 is 12.4 Å². The van der Waals surface area contributed by atoms with E-state index in [0.29, 0.717) is 0 Å². The van der Waals surface area contributed by atoms with Gasteiger partial charge in [-0.25, -0.2) is 0 Å². The summed E-state index contributed by atoms with van der Waals surface area (Å²) in [6.45, 7) is 3.53. The zero-order chi connectivity index (χ0) is 9.12. The predicted octanol–water partition coefficient (Wildman–Crippen LogP) is 0.739. The molecule has 0 saturated carbocycles. The molecule has 12 heavy (non-hydrogen) atoms. The van der Waals surface area contributed by atoms with Gasteiger partial charge in [0.15, 0.2) is 0 Å². The molecule has 0 aromatic heterocycles. The van der Waals surface area contributed by atoms with Gasteiger partial charge in [0, 0.05) is 21.3 Å². The molecule has 0 aromatic carbocycles. The second kappa shape index (κ2) is 4.99. The molecule has 0 aliphatic rings. The van der Waals surface area contributed by atoms with Crippen molar-refractivity contribution in [3.8, 4) is 0 Å². The molecular formula is C7H18ClNO3. The summed E-state index contributed by atoms with van der Waals surface area (Å²) in [5.74, 6) is -1.16. The smallest absolute Gasteiger partial charge is 0.300 e. The minimum Gasteiger partial charge on any atom is -0.329 e. The first-order chi connectivity index (χ1) is 4.93. The van der Waals surface area contributed by atoms with Crippen molar-refractivity contribution in [1.29, 1.82) is 0 Å². The number of methoxy groups -OCH3 is 3. The lowest BCUT2D eigenvalue weighted by atomic mass is 10.0. The van der Waals surface area contributed by atoms with Crippen LogP contribution in [0.1, 0.15) is 13.8 Å². The Labute approximate surface area is 79.8 Å². The highest BCUT2D eigenvalue weighted by atomic mass is 35.5. The molecule has 0 spiro atoms. The van der Waals surface area contributed by atoms with Crippen LogP contribution in [0, 0.1) is 0 Å². The first kappa shape index (κ1) is 14.6. The average Bonchev–Trinajstić information content (AvgIpc) is 1.90. The number of rotatable bonds is 4. The monoisotopic (exact) mass is 199 g/mol. The number of halogens is 1. The number of ether oxygens (including phenoxy) is 3. The third-order valence-electron chi connectivity index (χ3n) is 1.60. The molecule has 0 radical (unpaired) electrons. The maximum absolute atomic E-state index is 5.77. The average molecular weight is 200 g/mol. The molecule has 5 heteroatoms. The number of nitrogens with two attached hydrogens (primary N) is 1. The highest BCUT2D eigenvalue weighted by molar-refractivity contribution is 5.85. The lowest BCUT2D eigenvalue weighted by molar-refractivity contribution is -0.378. The van der Waals surface area contributed by atoms with Gasteiger partial charge in [0.2, 0.25) is 0 Å². The van der Waals surface area contributed by atoms with E-state index >= 15 is 0 Å². The predicted molar refractivity (Wildman–Crippen MR) is 49.3 cm³/mol. The summed E-state index contributed by atoms with van der Waals surface area (Å²) >= 11 is 0. The molecule has 0 fully saturated rings. The Balaban J connectivity index is 0. The standard InChI is InChI=1S/C7H17NO3.ClH/c1-6(2,8)7(9-3,10-4)11-5;/h8H2,1-5H3;1H. The second-order valence-corrected chi connectivity index (χ2v) is 2.89. The van der Waals surface area contributed by atoms with Gasteiger partial charge in [-0.1, -0.05) is 0 Å². The highest BCUT2D eigenvalue weighted by Crippen LogP contribution is 2.24. The Morgan fingerprint density at radius 2 is 1.17 bits per heavy atom. The van der Waals surface area contributed by atoms with Crippen molar-refractivity contribution in [3.05, 3.63) is 0 Å². The summed E-state index contributed by atoms with van der Waals surface area (Å²) in [6.07, 6.45) is 0. The van der Waals surface area contributed by atoms with Crippen molar-refractivity contribution < 1.29 is 14.2 Å². The largest absolute Gasteiger partial charge is 0.329 e. The first-order valence-corrected chi connectivity index (χ1v) is 3.38. The van der Waals surface area contributed by atoms with Crippen LogP contribution in [-0.2, 0) is 14.2 Å². The van der Waals surface area contributed by atoms with Crippen LogP contribution in [0.25, 0.3) is 0 Å². The van der Waals surface area contributed by atoms with Gasteiger partial charge in [0.25, 0.3) is 0 Å². The van der Waals surface area contributed by atoms with E-state index in [1.54, 1.807) is 13.8 Å². The molecule has 0 atom stereocenters. The van der Waals surface area contributed by atoms with Crippen molar-refractivity contribution in [2.24, 2.45) is 5.73 Å². The van der Waals surface area contributed by atoms with Crippen molar-refractivity contribution in [3.63, 3.8) is 0 Å². The molecule has 0 rings (SSSR count). The first-order valence-electron chi connectivity index (χ1n) is 3.38. The molecule has 76 valence electrons. The van der Waals surface area contributed by atoms with E-state index in [1.165, 1.54) is 21.3 Å². The van der Waals surface area contributed by atoms with Crippen molar-refractivity contribution in [2.75, 3.05) is 21.3 Å². The van der Waals surface area contributed by atoms with E-state index in [0.717, 1.165) is 0 Å². The minimum absolute atomic E-state index is 0. The summed E-state index contributed by atoms with van der Waals surface area (Å²) in [4.78, 5) is 0. The lowest BCUT2D eigenvalue weighted by Gasteiger charge is -2.39. The van der Waals surface area contributed by atoms with Gasteiger partial charge in [-0.2, -0.15) is 0 Å². The molecule has 0 unspecified atom stereocenters. The molecule has 0 amide bonds.